The number of likely N-dealkylation sites (N-methyl/N-ethyl adjacent to an activating group) is 2. The van der Waals surface area contributed by atoms with Crippen molar-refractivity contribution in [3.05, 3.63) is 35.9 Å². The van der Waals surface area contributed by atoms with Crippen molar-refractivity contribution in [1.82, 2.24) is 10.3 Å². The number of carbonyl (C=O) groups is 1. The van der Waals surface area contributed by atoms with Crippen molar-refractivity contribution in [2.24, 2.45) is 5.73 Å². The zero-order valence-electron chi connectivity index (χ0n) is 11.4. The van der Waals surface area contributed by atoms with Gasteiger partial charge in [-0.15, -0.1) is 0 Å². The number of carbonyl (C=O) groups excluding carboxylic acids is 1. The minimum absolute atomic E-state index is 0.101. The van der Waals surface area contributed by atoms with Crippen LogP contribution < -0.4 is 16.0 Å². The molecule has 1 aromatic heterocycles. The van der Waals surface area contributed by atoms with Crippen molar-refractivity contribution in [3.8, 4) is 0 Å². The van der Waals surface area contributed by atoms with Crippen LogP contribution in [0.25, 0.3) is 10.9 Å². The largest absolute Gasteiger partial charge is 0.389 e. The van der Waals surface area contributed by atoms with E-state index >= 15 is 0 Å². The minimum atomic E-state index is -0.101. The van der Waals surface area contributed by atoms with E-state index in [1.807, 2.05) is 30.3 Å². The SMILES string of the molecule is CNC(=O)CN(C)c1nc2ccccc2cc1C(N)=S. The summed E-state index contributed by atoms with van der Waals surface area (Å²) < 4.78 is 0. The van der Waals surface area contributed by atoms with Gasteiger partial charge in [-0.05, 0) is 12.1 Å². The molecule has 5 nitrogen and oxygen atoms in total. The molecule has 0 aliphatic carbocycles. The maximum Gasteiger partial charge on any atom is 0.239 e. The third-order valence-electron chi connectivity index (χ3n) is 2.99. The number of nitrogens with one attached hydrogen (secondary N) is 1. The Morgan fingerprint density at radius 3 is 2.80 bits per heavy atom. The van der Waals surface area contributed by atoms with Crippen LogP contribution in [-0.2, 0) is 4.79 Å². The number of hydrogen-bond donors (Lipinski definition) is 2. The third kappa shape index (κ3) is 2.85. The van der Waals surface area contributed by atoms with Crippen LogP contribution in [-0.4, -0.2) is 36.5 Å². The monoisotopic (exact) mass is 288 g/mol. The van der Waals surface area contributed by atoms with E-state index in [1.165, 1.54) is 0 Å². The number of hydrogen-bond acceptors (Lipinski definition) is 4. The van der Waals surface area contributed by atoms with E-state index in [4.69, 9.17) is 18.0 Å². The molecule has 3 N–H and O–H groups in total. The number of anilines is 1. The Hall–Kier alpha value is -2.21. The molecule has 2 aromatic rings. The molecular formula is C14H16N4OS. The normalized spacial score (nSPS) is 10.3. The third-order valence-corrected chi connectivity index (χ3v) is 3.21. The maximum atomic E-state index is 11.5. The maximum absolute atomic E-state index is 11.5. The molecule has 0 bridgehead atoms. The smallest absolute Gasteiger partial charge is 0.239 e. The Balaban J connectivity index is 2.51. The van der Waals surface area contributed by atoms with Gasteiger partial charge in [0.1, 0.15) is 10.8 Å². The molecule has 0 fully saturated rings. The summed E-state index contributed by atoms with van der Waals surface area (Å²) in [4.78, 5) is 18.1. The summed E-state index contributed by atoms with van der Waals surface area (Å²) >= 11 is 5.08. The number of aromatic nitrogens is 1. The van der Waals surface area contributed by atoms with Gasteiger partial charge in [-0.25, -0.2) is 4.98 Å². The summed E-state index contributed by atoms with van der Waals surface area (Å²) in [6, 6.07) is 9.61. The van der Waals surface area contributed by atoms with Crippen molar-refractivity contribution >= 4 is 39.8 Å². The predicted octanol–water partition coefficient (Wildman–Crippen LogP) is 1.05. The molecule has 1 amide bonds. The van der Waals surface area contributed by atoms with Crippen molar-refractivity contribution in [2.45, 2.75) is 0 Å². The molecule has 0 saturated heterocycles. The van der Waals surface area contributed by atoms with E-state index in [9.17, 15) is 4.79 Å². The van der Waals surface area contributed by atoms with Gasteiger partial charge in [0.05, 0.1) is 17.6 Å². The van der Waals surface area contributed by atoms with Gasteiger partial charge in [-0.1, -0.05) is 30.4 Å². The zero-order chi connectivity index (χ0) is 14.7. The van der Waals surface area contributed by atoms with Crippen LogP contribution in [0.15, 0.2) is 30.3 Å². The molecule has 1 aromatic carbocycles. The predicted molar refractivity (Wildman–Crippen MR) is 85.0 cm³/mol. The second-order valence-electron chi connectivity index (χ2n) is 4.45. The number of nitrogens with two attached hydrogens (primary N) is 1. The van der Waals surface area contributed by atoms with E-state index in [1.54, 1.807) is 19.0 Å². The highest BCUT2D eigenvalue weighted by molar-refractivity contribution is 7.80. The van der Waals surface area contributed by atoms with Gasteiger partial charge in [0.15, 0.2) is 0 Å². The molecule has 0 spiro atoms. The average Bonchev–Trinajstić information content (AvgIpc) is 2.45. The Morgan fingerprint density at radius 2 is 2.15 bits per heavy atom. The molecule has 0 aliphatic rings. The van der Waals surface area contributed by atoms with Gasteiger partial charge in [-0.2, -0.15) is 0 Å². The summed E-state index contributed by atoms with van der Waals surface area (Å²) in [7, 11) is 3.38. The Labute approximate surface area is 122 Å². The second kappa shape index (κ2) is 5.83. The lowest BCUT2D eigenvalue weighted by molar-refractivity contribution is -0.119. The van der Waals surface area contributed by atoms with Crippen molar-refractivity contribution in [2.75, 3.05) is 25.5 Å². The van der Waals surface area contributed by atoms with Crippen LogP contribution in [0.5, 0.6) is 0 Å². The highest BCUT2D eigenvalue weighted by atomic mass is 32.1. The number of para-hydroxylation sites is 1. The van der Waals surface area contributed by atoms with Gasteiger partial charge in [0.2, 0.25) is 5.91 Å². The molecule has 0 atom stereocenters. The minimum Gasteiger partial charge on any atom is -0.389 e. The van der Waals surface area contributed by atoms with E-state index in [2.05, 4.69) is 10.3 Å². The quantitative estimate of drug-likeness (QED) is 0.823. The van der Waals surface area contributed by atoms with E-state index < -0.39 is 0 Å². The first-order valence-electron chi connectivity index (χ1n) is 6.14. The van der Waals surface area contributed by atoms with Crippen LogP contribution in [0.2, 0.25) is 0 Å². The first kappa shape index (κ1) is 14.2. The van der Waals surface area contributed by atoms with E-state index in [0.29, 0.717) is 11.4 Å². The van der Waals surface area contributed by atoms with Gasteiger partial charge in [-0.3, -0.25) is 4.79 Å². The van der Waals surface area contributed by atoms with Crippen molar-refractivity contribution < 1.29 is 4.79 Å². The van der Waals surface area contributed by atoms with Crippen molar-refractivity contribution in [1.29, 1.82) is 0 Å². The molecule has 0 saturated carbocycles. The standard InChI is InChI=1S/C14H16N4OS/c1-16-12(19)8-18(2)14-10(13(15)20)7-9-5-3-4-6-11(9)17-14/h3-7H,8H2,1-2H3,(H2,15,20)(H,16,19). The number of rotatable bonds is 4. The topological polar surface area (TPSA) is 71.2 Å². The Kier molecular flexibility index (Phi) is 4.14. The summed E-state index contributed by atoms with van der Waals surface area (Å²) in [5, 5.41) is 3.54. The van der Waals surface area contributed by atoms with Gasteiger partial charge in [0, 0.05) is 19.5 Å². The molecule has 2 rings (SSSR count). The molecule has 6 heteroatoms. The number of pyridine rings is 1. The molecule has 0 aliphatic heterocycles. The van der Waals surface area contributed by atoms with Crippen molar-refractivity contribution in [3.63, 3.8) is 0 Å². The number of fused-ring (bicyclic) bond motifs is 1. The van der Waals surface area contributed by atoms with Crippen LogP contribution >= 0.6 is 12.2 Å². The summed E-state index contributed by atoms with van der Waals surface area (Å²) in [6.45, 7) is 0.192. The van der Waals surface area contributed by atoms with Gasteiger partial charge >= 0.3 is 0 Å². The average molecular weight is 288 g/mol. The van der Waals surface area contributed by atoms with Gasteiger partial charge in [0.25, 0.3) is 0 Å². The second-order valence-corrected chi connectivity index (χ2v) is 4.89. The molecular weight excluding hydrogens is 272 g/mol. The highest BCUT2D eigenvalue weighted by Gasteiger charge is 2.15. The number of thiocarbonyl (C=S) groups is 1. The number of amides is 1. The summed E-state index contributed by atoms with van der Waals surface area (Å²) in [5.41, 5.74) is 7.28. The fraction of sp³-hybridized carbons (Fsp3) is 0.214. The van der Waals surface area contributed by atoms with Crippen LogP contribution in [0.1, 0.15) is 5.56 Å². The van der Waals surface area contributed by atoms with Crippen LogP contribution in [0.3, 0.4) is 0 Å². The molecule has 1 heterocycles. The highest BCUT2D eigenvalue weighted by Crippen LogP contribution is 2.22. The lowest BCUT2D eigenvalue weighted by atomic mass is 10.1. The fourth-order valence-corrected chi connectivity index (χ4v) is 2.10. The Morgan fingerprint density at radius 1 is 1.45 bits per heavy atom. The van der Waals surface area contributed by atoms with Crippen LogP contribution in [0, 0.1) is 0 Å². The zero-order valence-corrected chi connectivity index (χ0v) is 12.2. The summed E-state index contributed by atoms with van der Waals surface area (Å²) in [6.07, 6.45) is 0. The van der Waals surface area contributed by atoms with E-state index in [0.717, 1.165) is 10.9 Å². The first-order chi connectivity index (χ1) is 9.52. The van der Waals surface area contributed by atoms with E-state index in [-0.39, 0.29) is 17.4 Å². The lowest BCUT2D eigenvalue weighted by Gasteiger charge is -2.20. The number of benzene rings is 1. The lowest BCUT2D eigenvalue weighted by Crippen LogP contribution is -2.34. The van der Waals surface area contributed by atoms with Gasteiger partial charge < -0.3 is 16.0 Å². The number of nitrogens with zero attached hydrogens (tertiary/aromatic N) is 2. The fourth-order valence-electron chi connectivity index (χ4n) is 1.95. The van der Waals surface area contributed by atoms with Crippen LogP contribution in [0.4, 0.5) is 5.82 Å². The molecule has 20 heavy (non-hydrogen) atoms. The summed E-state index contributed by atoms with van der Waals surface area (Å²) in [5.74, 6) is 0.510. The molecule has 0 radical (unpaired) electrons. The molecule has 104 valence electrons. The molecule has 0 unspecified atom stereocenters. The Bertz CT molecular complexity index is 671. The first-order valence-corrected chi connectivity index (χ1v) is 6.55.